The number of hydrogen-bond donors (Lipinski definition) is 1. The zero-order chi connectivity index (χ0) is 12.6. The van der Waals surface area contributed by atoms with Crippen LogP contribution in [0, 0.1) is 12.8 Å². The van der Waals surface area contributed by atoms with Gasteiger partial charge in [0.05, 0.1) is 0 Å². The molecule has 6 heteroatoms. The second kappa shape index (κ2) is 4.68. The van der Waals surface area contributed by atoms with Gasteiger partial charge in [-0.15, -0.1) is 11.3 Å². The van der Waals surface area contributed by atoms with Crippen LogP contribution in [0.15, 0.2) is 10.3 Å². The number of rotatable bonds is 3. The molecule has 1 aliphatic rings. The fourth-order valence-electron chi connectivity index (χ4n) is 2.06. The number of hydrogen-bond acceptors (Lipinski definition) is 4. The van der Waals surface area contributed by atoms with Crippen LogP contribution in [0.5, 0.6) is 0 Å². The molecule has 0 aliphatic carbocycles. The summed E-state index contributed by atoms with van der Waals surface area (Å²) in [6, 6.07) is 1.74. The summed E-state index contributed by atoms with van der Waals surface area (Å²) in [6.07, 6.45) is 0.952. The summed E-state index contributed by atoms with van der Waals surface area (Å²) in [4.78, 5) is 0.954. The second-order valence-corrected chi connectivity index (χ2v) is 7.93. The van der Waals surface area contributed by atoms with E-state index >= 15 is 0 Å². The topological polar surface area (TPSA) is 63.4 Å². The number of sulfonamides is 1. The molecule has 1 aromatic rings. The van der Waals surface area contributed by atoms with Crippen molar-refractivity contribution in [2.24, 2.45) is 11.7 Å². The molecule has 1 fully saturated rings. The van der Waals surface area contributed by atoms with Gasteiger partial charge in [0.1, 0.15) is 4.21 Å². The van der Waals surface area contributed by atoms with Crippen LogP contribution >= 0.6 is 11.3 Å². The highest BCUT2D eigenvalue weighted by atomic mass is 32.2. The van der Waals surface area contributed by atoms with E-state index in [1.807, 2.05) is 6.92 Å². The Labute approximate surface area is 106 Å². The molecule has 0 amide bonds. The first-order valence-corrected chi connectivity index (χ1v) is 8.00. The van der Waals surface area contributed by atoms with E-state index in [4.69, 9.17) is 5.73 Å². The molecule has 96 valence electrons. The highest BCUT2D eigenvalue weighted by molar-refractivity contribution is 7.91. The SMILES string of the molecule is Cc1cc(S(=O)(=O)N2CCC(C)C2)sc1CN. The van der Waals surface area contributed by atoms with Crippen molar-refractivity contribution >= 4 is 21.4 Å². The monoisotopic (exact) mass is 274 g/mol. The zero-order valence-corrected chi connectivity index (χ0v) is 11.8. The van der Waals surface area contributed by atoms with Gasteiger partial charge >= 0.3 is 0 Å². The number of thiophene rings is 1. The molecule has 0 saturated carbocycles. The Morgan fingerprint density at radius 2 is 2.29 bits per heavy atom. The maximum Gasteiger partial charge on any atom is 0.252 e. The minimum Gasteiger partial charge on any atom is -0.326 e. The van der Waals surface area contributed by atoms with E-state index in [1.54, 1.807) is 10.4 Å². The maximum atomic E-state index is 12.4. The Morgan fingerprint density at radius 3 is 2.76 bits per heavy atom. The largest absolute Gasteiger partial charge is 0.326 e. The molecule has 17 heavy (non-hydrogen) atoms. The first-order chi connectivity index (χ1) is 7.95. The maximum absolute atomic E-state index is 12.4. The van der Waals surface area contributed by atoms with Crippen LogP contribution in [0.2, 0.25) is 0 Å². The average Bonchev–Trinajstić information content (AvgIpc) is 2.85. The Kier molecular flexibility index (Phi) is 3.58. The van der Waals surface area contributed by atoms with Gasteiger partial charge in [-0.2, -0.15) is 4.31 Å². The minimum atomic E-state index is -3.29. The first-order valence-electron chi connectivity index (χ1n) is 5.74. The highest BCUT2D eigenvalue weighted by Crippen LogP contribution is 2.30. The predicted octanol–water partition coefficient (Wildman–Crippen LogP) is 1.55. The van der Waals surface area contributed by atoms with Gasteiger partial charge in [-0.05, 0) is 30.9 Å². The first kappa shape index (κ1) is 13.0. The Hall–Kier alpha value is -0.430. The lowest BCUT2D eigenvalue weighted by Gasteiger charge is -2.14. The quantitative estimate of drug-likeness (QED) is 0.909. The van der Waals surface area contributed by atoms with E-state index < -0.39 is 10.0 Å². The molecule has 1 unspecified atom stereocenters. The Balaban J connectivity index is 2.31. The van der Waals surface area contributed by atoms with Crippen LogP contribution in [-0.4, -0.2) is 25.8 Å². The van der Waals surface area contributed by atoms with Gasteiger partial charge in [0.15, 0.2) is 0 Å². The molecule has 2 N–H and O–H groups in total. The lowest BCUT2D eigenvalue weighted by molar-refractivity contribution is 0.466. The van der Waals surface area contributed by atoms with Gasteiger partial charge in [-0.1, -0.05) is 6.92 Å². The number of nitrogens with zero attached hydrogens (tertiary/aromatic N) is 1. The summed E-state index contributed by atoms with van der Waals surface area (Å²) in [5.74, 6) is 0.458. The van der Waals surface area contributed by atoms with Crippen molar-refractivity contribution < 1.29 is 8.42 Å². The fourth-order valence-corrected chi connectivity index (χ4v) is 5.26. The van der Waals surface area contributed by atoms with Crippen molar-refractivity contribution in [3.8, 4) is 0 Å². The molecule has 4 nitrogen and oxygen atoms in total. The van der Waals surface area contributed by atoms with E-state index in [1.165, 1.54) is 11.3 Å². The van der Waals surface area contributed by atoms with E-state index in [2.05, 4.69) is 6.92 Å². The molecule has 1 saturated heterocycles. The van der Waals surface area contributed by atoms with Gasteiger partial charge in [0, 0.05) is 24.5 Å². The summed E-state index contributed by atoms with van der Waals surface area (Å²) in [6.45, 7) is 5.67. The lowest BCUT2D eigenvalue weighted by Crippen LogP contribution is -2.28. The van der Waals surface area contributed by atoms with Crippen LogP contribution in [0.1, 0.15) is 23.8 Å². The molecule has 0 spiro atoms. The second-order valence-electron chi connectivity index (χ2n) is 4.63. The van der Waals surface area contributed by atoms with Crippen molar-refractivity contribution in [3.63, 3.8) is 0 Å². The lowest BCUT2D eigenvalue weighted by atomic mass is 10.2. The van der Waals surface area contributed by atoms with Crippen LogP contribution in [0.4, 0.5) is 0 Å². The summed E-state index contributed by atoms with van der Waals surface area (Å²) in [5, 5.41) is 0. The van der Waals surface area contributed by atoms with Gasteiger partial charge in [-0.3, -0.25) is 0 Å². The van der Waals surface area contributed by atoms with Crippen LogP contribution in [0.25, 0.3) is 0 Å². The van der Waals surface area contributed by atoms with E-state index in [0.717, 1.165) is 16.9 Å². The standard InChI is InChI=1S/C11H18N2O2S2/c1-8-3-4-13(7-8)17(14,15)11-5-9(2)10(6-12)16-11/h5,8H,3-4,6-7,12H2,1-2H3. The third-order valence-electron chi connectivity index (χ3n) is 3.16. The molecule has 2 heterocycles. The number of aryl methyl sites for hydroxylation is 1. The van der Waals surface area contributed by atoms with Crippen LogP contribution in [0.3, 0.4) is 0 Å². The summed E-state index contributed by atoms with van der Waals surface area (Å²) >= 11 is 1.30. The zero-order valence-electron chi connectivity index (χ0n) is 10.1. The highest BCUT2D eigenvalue weighted by Gasteiger charge is 2.31. The fraction of sp³-hybridized carbons (Fsp3) is 0.636. The molecule has 0 bridgehead atoms. The van der Waals surface area contributed by atoms with Crippen molar-refractivity contribution in [3.05, 3.63) is 16.5 Å². The summed E-state index contributed by atoms with van der Waals surface area (Å²) < 4.78 is 26.7. The number of nitrogens with two attached hydrogens (primary N) is 1. The van der Waals surface area contributed by atoms with Gasteiger partial charge < -0.3 is 5.73 Å². The van der Waals surface area contributed by atoms with Gasteiger partial charge in [-0.25, -0.2) is 8.42 Å². The molecule has 1 aliphatic heterocycles. The van der Waals surface area contributed by atoms with E-state index in [0.29, 0.717) is 29.8 Å². The van der Waals surface area contributed by atoms with Crippen molar-refractivity contribution in [2.45, 2.75) is 31.0 Å². The van der Waals surface area contributed by atoms with E-state index in [9.17, 15) is 8.42 Å². The molecule has 0 radical (unpaired) electrons. The average molecular weight is 274 g/mol. The van der Waals surface area contributed by atoms with Gasteiger partial charge in [0.2, 0.25) is 0 Å². The van der Waals surface area contributed by atoms with Crippen molar-refractivity contribution in [1.82, 2.24) is 4.31 Å². The third-order valence-corrected chi connectivity index (χ3v) is 6.74. The summed E-state index contributed by atoms with van der Waals surface area (Å²) in [7, 11) is -3.29. The van der Waals surface area contributed by atoms with Crippen LogP contribution < -0.4 is 5.73 Å². The third kappa shape index (κ3) is 2.40. The molecule has 0 aromatic carbocycles. The molecule has 1 aromatic heterocycles. The molecular weight excluding hydrogens is 256 g/mol. The molecule has 2 rings (SSSR count). The van der Waals surface area contributed by atoms with Crippen molar-refractivity contribution in [2.75, 3.05) is 13.1 Å². The van der Waals surface area contributed by atoms with Crippen LogP contribution in [-0.2, 0) is 16.6 Å². The Bertz CT molecular complexity index is 508. The molecule has 1 atom stereocenters. The van der Waals surface area contributed by atoms with Crippen molar-refractivity contribution in [1.29, 1.82) is 0 Å². The predicted molar refractivity (Wildman–Crippen MR) is 69.5 cm³/mol. The smallest absolute Gasteiger partial charge is 0.252 e. The van der Waals surface area contributed by atoms with Gasteiger partial charge in [0.25, 0.3) is 10.0 Å². The normalized spacial score (nSPS) is 22.2. The Morgan fingerprint density at radius 1 is 1.59 bits per heavy atom. The minimum absolute atomic E-state index is 0.405. The van der Waals surface area contributed by atoms with E-state index in [-0.39, 0.29) is 0 Å². The summed E-state index contributed by atoms with van der Waals surface area (Å²) in [5.41, 5.74) is 6.56. The molecular formula is C11H18N2O2S2.